The topological polar surface area (TPSA) is 36.8 Å². The minimum atomic E-state index is 0.687. The number of hydrogen-bond acceptors (Lipinski definition) is 3. The van der Waals surface area contributed by atoms with Crippen molar-refractivity contribution >= 4 is 0 Å². The smallest absolute Gasteiger partial charge is 0.0821 e. The standard InChI is InChI=1S/C7H13N3/c1-6(2)5-7-3-4-8-10-9-7/h3,6H,4-5H2,1-2H3,(H,8,9). The van der Waals surface area contributed by atoms with Crippen molar-refractivity contribution in [3.05, 3.63) is 11.8 Å². The summed E-state index contributed by atoms with van der Waals surface area (Å²) in [6.45, 7) is 5.11. The third-order valence-corrected chi connectivity index (χ3v) is 1.31. The second kappa shape index (κ2) is 3.34. The first kappa shape index (κ1) is 7.25. The molecule has 0 bridgehead atoms. The number of hydrogen-bond donors (Lipinski definition) is 1. The van der Waals surface area contributed by atoms with Gasteiger partial charge in [-0.2, -0.15) is 5.11 Å². The van der Waals surface area contributed by atoms with Crippen molar-refractivity contribution in [1.29, 1.82) is 0 Å². The fraction of sp³-hybridized carbons (Fsp3) is 0.714. The molecule has 0 spiro atoms. The Bertz CT molecular complexity index is 158. The van der Waals surface area contributed by atoms with Crippen LogP contribution in [-0.2, 0) is 0 Å². The monoisotopic (exact) mass is 139 g/mol. The van der Waals surface area contributed by atoms with Gasteiger partial charge in [-0.15, -0.1) is 0 Å². The molecule has 0 saturated carbocycles. The van der Waals surface area contributed by atoms with Gasteiger partial charge in [0.15, 0.2) is 0 Å². The summed E-state index contributed by atoms with van der Waals surface area (Å²) in [6.07, 6.45) is 3.14. The average molecular weight is 139 g/mol. The molecule has 0 aromatic heterocycles. The lowest BCUT2D eigenvalue weighted by atomic mass is 10.1. The van der Waals surface area contributed by atoms with Gasteiger partial charge in [0.2, 0.25) is 0 Å². The Morgan fingerprint density at radius 1 is 1.70 bits per heavy atom. The van der Waals surface area contributed by atoms with Gasteiger partial charge >= 0.3 is 0 Å². The maximum atomic E-state index is 3.77. The molecule has 1 aliphatic rings. The van der Waals surface area contributed by atoms with E-state index >= 15 is 0 Å². The Kier molecular flexibility index (Phi) is 2.42. The summed E-state index contributed by atoms with van der Waals surface area (Å²) in [5.74, 6) is 0.687. The molecule has 0 aliphatic carbocycles. The molecule has 0 amide bonds. The molecule has 0 unspecified atom stereocenters. The highest BCUT2D eigenvalue weighted by Gasteiger charge is 2.01. The van der Waals surface area contributed by atoms with Crippen LogP contribution in [0.15, 0.2) is 22.1 Å². The highest BCUT2D eigenvalue weighted by Crippen LogP contribution is 2.09. The van der Waals surface area contributed by atoms with E-state index in [4.69, 9.17) is 0 Å². The largest absolute Gasteiger partial charge is 0.265 e. The van der Waals surface area contributed by atoms with Crippen molar-refractivity contribution in [3.8, 4) is 0 Å². The highest BCUT2D eigenvalue weighted by molar-refractivity contribution is 5.01. The van der Waals surface area contributed by atoms with Gasteiger partial charge in [0.1, 0.15) is 0 Å². The van der Waals surface area contributed by atoms with E-state index in [0.717, 1.165) is 13.0 Å². The zero-order chi connectivity index (χ0) is 7.40. The van der Waals surface area contributed by atoms with Crippen LogP contribution in [0.5, 0.6) is 0 Å². The van der Waals surface area contributed by atoms with Crippen molar-refractivity contribution in [2.24, 2.45) is 16.3 Å². The molecular formula is C7H13N3. The second-order valence-electron chi connectivity index (χ2n) is 2.86. The molecule has 1 N–H and O–H groups in total. The fourth-order valence-electron chi connectivity index (χ4n) is 0.906. The summed E-state index contributed by atoms with van der Waals surface area (Å²) in [7, 11) is 0. The maximum Gasteiger partial charge on any atom is 0.0821 e. The van der Waals surface area contributed by atoms with Crippen LogP contribution in [0.3, 0.4) is 0 Å². The minimum Gasteiger partial charge on any atom is -0.265 e. The lowest BCUT2D eigenvalue weighted by molar-refractivity contribution is 0.587. The number of nitrogens with zero attached hydrogens (tertiary/aromatic N) is 2. The first-order valence-electron chi connectivity index (χ1n) is 3.60. The molecule has 56 valence electrons. The molecule has 1 rings (SSSR count). The van der Waals surface area contributed by atoms with E-state index in [1.165, 1.54) is 5.70 Å². The van der Waals surface area contributed by atoms with E-state index < -0.39 is 0 Å². The van der Waals surface area contributed by atoms with Gasteiger partial charge in [-0.25, -0.2) is 0 Å². The SMILES string of the molecule is CC(C)CC1=CCN=NN1. The zero-order valence-corrected chi connectivity index (χ0v) is 6.46. The van der Waals surface area contributed by atoms with E-state index in [9.17, 15) is 0 Å². The van der Waals surface area contributed by atoms with Gasteiger partial charge in [-0.05, 0) is 18.4 Å². The van der Waals surface area contributed by atoms with Crippen molar-refractivity contribution < 1.29 is 0 Å². The normalized spacial score (nSPS) is 16.9. The second-order valence-corrected chi connectivity index (χ2v) is 2.86. The first-order valence-corrected chi connectivity index (χ1v) is 3.60. The Hall–Kier alpha value is -0.860. The fourth-order valence-corrected chi connectivity index (χ4v) is 0.906. The van der Waals surface area contributed by atoms with Gasteiger partial charge in [-0.1, -0.05) is 19.1 Å². The third-order valence-electron chi connectivity index (χ3n) is 1.31. The predicted octanol–water partition coefficient (Wildman–Crippen LogP) is 1.89. The molecule has 0 radical (unpaired) electrons. The number of rotatable bonds is 2. The van der Waals surface area contributed by atoms with Gasteiger partial charge in [-0.3, -0.25) is 5.43 Å². The summed E-state index contributed by atoms with van der Waals surface area (Å²) >= 11 is 0. The molecule has 10 heavy (non-hydrogen) atoms. The Morgan fingerprint density at radius 3 is 3.00 bits per heavy atom. The van der Waals surface area contributed by atoms with Crippen LogP contribution in [-0.4, -0.2) is 6.54 Å². The average Bonchev–Trinajstić information content (AvgIpc) is 1.88. The summed E-state index contributed by atoms with van der Waals surface area (Å²) in [5, 5.41) is 7.49. The summed E-state index contributed by atoms with van der Waals surface area (Å²) in [6, 6.07) is 0. The molecular weight excluding hydrogens is 126 g/mol. The van der Waals surface area contributed by atoms with E-state index in [0.29, 0.717) is 5.92 Å². The quantitative estimate of drug-likeness (QED) is 0.623. The molecule has 1 aliphatic heterocycles. The minimum absolute atomic E-state index is 0.687. The van der Waals surface area contributed by atoms with Crippen LogP contribution in [0, 0.1) is 5.92 Å². The van der Waals surface area contributed by atoms with Gasteiger partial charge in [0.05, 0.1) is 6.54 Å². The van der Waals surface area contributed by atoms with E-state index in [-0.39, 0.29) is 0 Å². The third kappa shape index (κ3) is 2.17. The van der Waals surface area contributed by atoms with Crippen LogP contribution >= 0.6 is 0 Å². The van der Waals surface area contributed by atoms with Gasteiger partial charge in [0, 0.05) is 5.70 Å². The summed E-state index contributed by atoms with van der Waals surface area (Å²) in [4.78, 5) is 0. The summed E-state index contributed by atoms with van der Waals surface area (Å²) < 4.78 is 0. The van der Waals surface area contributed by atoms with Gasteiger partial charge < -0.3 is 0 Å². The first-order chi connectivity index (χ1) is 4.79. The number of nitrogens with one attached hydrogen (secondary N) is 1. The maximum absolute atomic E-state index is 3.77. The highest BCUT2D eigenvalue weighted by atomic mass is 15.4. The predicted molar refractivity (Wildman–Crippen MR) is 40.4 cm³/mol. The summed E-state index contributed by atoms with van der Waals surface area (Å²) in [5.41, 5.74) is 4.07. The van der Waals surface area contributed by atoms with Crippen molar-refractivity contribution in [1.82, 2.24) is 5.43 Å². The van der Waals surface area contributed by atoms with Gasteiger partial charge in [0.25, 0.3) is 0 Å². The zero-order valence-electron chi connectivity index (χ0n) is 6.46. The number of allylic oxidation sites excluding steroid dienone is 1. The van der Waals surface area contributed by atoms with Crippen LogP contribution in [0.1, 0.15) is 20.3 Å². The molecule has 0 aromatic carbocycles. The van der Waals surface area contributed by atoms with Crippen LogP contribution < -0.4 is 5.43 Å². The molecule has 0 saturated heterocycles. The lowest BCUT2D eigenvalue weighted by Gasteiger charge is -2.10. The Morgan fingerprint density at radius 2 is 2.50 bits per heavy atom. The molecule has 3 heteroatoms. The van der Waals surface area contributed by atoms with Crippen LogP contribution in [0.25, 0.3) is 0 Å². The van der Waals surface area contributed by atoms with E-state index in [1.54, 1.807) is 0 Å². The Balaban J connectivity index is 2.34. The van der Waals surface area contributed by atoms with Crippen molar-refractivity contribution in [2.75, 3.05) is 6.54 Å². The lowest BCUT2D eigenvalue weighted by Crippen LogP contribution is -2.10. The molecule has 0 aromatic rings. The molecule has 0 fully saturated rings. The van der Waals surface area contributed by atoms with Crippen molar-refractivity contribution in [3.63, 3.8) is 0 Å². The van der Waals surface area contributed by atoms with E-state index in [1.807, 2.05) is 0 Å². The molecule has 3 nitrogen and oxygen atoms in total. The van der Waals surface area contributed by atoms with Crippen LogP contribution in [0.4, 0.5) is 0 Å². The van der Waals surface area contributed by atoms with E-state index in [2.05, 4.69) is 35.7 Å². The molecule has 1 heterocycles. The Labute approximate surface area is 61.2 Å². The molecule has 0 atom stereocenters. The van der Waals surface area contributed by atoms with Crippen LogP contribution in [0.2, 0.25) is 0 Å². The van der Waals surface area contributed by atoms with Crippen molar-refractivity contribution in [2.45, 2.75) is 20.3 Å².